The Labute approximate surface area is 122 Å². The Kier molecular flexibility index (Phi) is 3.57. The van der Waals surface area contributed by atoms with Gasteiger partial charge in [-0.15, -0.1) is 0 Å². The fourth-order valence-corrected chi connectivity index (χ4v) is 2.71. The van der Waals surface area contributed by atoms with Crippen LogP contribution in [0.25, 0.3) is 10.9 Å². The minimum Gasteiger partial charge on any atom is -0.339 e. The molecule has 0 aliphatic heterocycles. The molecule has 20 heavy (non-hydrogen) atoms. The zero-order chi connectivity index (χ0) is 13.9. The molecule has 3 rings (SSSR count). The quantitative estimate of drug-likeness (QED) is 0.706. The summed E-state index contributed by atoms with van der Waals surface area (Å²) in [7, 11) is 0. The van der Waals surface area contributed by atoms with Crippen molar-refractivity contribution in [3.63, 3.8) is 0 Å². The van der Waals surface area contributed by atoms with Crippen molar-refractivity contribution in [2.75, 3.05) is 0 Å². The summed E-state index contributed by atoms with van der Waals surface area (Å²) in [4.78, 5) is 12.2. The van der Waals surface area contributed by atoms with Crippen LogP contribution in [0, 0.1) is 0 Å². The summed E-state index contributed by atoms with van der Waals surface area (Å²) in [5.74, 6) is 0.175. The van der Waals surface area contributed by atoms with Crippen LogP contribution in [-0.2, 0) is 17.8 Å². The molecule has 3 heteroatoms. The van der Waals surface area contributed by atoms with Crippen LogP contribution in [0.1, 0.15) is 5.56 Å². The van der Waals surface area contributed by atoms with Crippen LogP contribution in [0.5, 0.6) is 0 Å². The van der Waals surface area contributed by atoms with Gasteiger partial charge in [0.1, 0.15) is 0 Å². The summed E-state index contributed by atoms with van der Waals surface area (Å²) in [5, 5.41) is 1.74. The highest BCUT2D eigenvalue weighted by atomic mass is 35.5. The van der Waals surface area contributed by atoms with E-state index in [4.69, 9.17) is 11.6 Å². The lowest BCUT2D eigenvalue weighted by molar-refractivity contribution is -0.118. The Balaban J connectivity index is 1.81. The van der Waals surface area contributed by atoms with E-state index in [1.807, 2.05) is 65.4 Å². The molecule has 0 aliphatic rings. The number of hydrogen-bond donors (Lipinski definition) is 0. The third kappa shape index (κ3) is 2.61. The van der Waals surface area contributed by atoms with Crippen LogP contribution >= 0.6 is 11.6 Å². The second kappa shape index (κ2) is 5.51. The van der Waals surface area contributed by atoms with Crippen molar-refractivity contribution < 1.29 is 4.79 Å². The van der Waals surface area contributed by atoms with E-state index >= 15 is 0 Å². The van der Waals surface area contributed by atoms with Crippen LogP contribution in [0.15, 0.2) is 60.8 Å². The molecule has 0 radical (unpaired) electrons. The number of benzene rings is 2. The van der Waals surface area contributed by atoms with Gasteiger partial charge in [0.15, 0.2) is 5.78 Å². The average molecular weight is 284 g/mol. The predicted molar refractivity (Wildman–Crippen MR) is 82.1 cm³/mol. The maximum Gasteiger partial charge on any atom is 0.156 e. The van der Waals surface area contributed by atoms with Crippen molar-refractivity contribution in [3.8, 4) is 0 Å². The van der Waals surface area contributed by atoms with Gasteiger partial charge in [-0.1, -0.05) is 54.1 Å². The molecule has 0 saturated heterocycles. The number of hydrogen-bond acceptors (Lipinski definition) is 1. The van der Waals surface area contributed by atoms with Crippen LogP contribution in [0.3, 0.4) is 0 Å². The minimum atomic E-state index is 0.175. The zero-order valence-corrected chi connectivity index (χ0v) is 11.7. The molecule has 0 aliphatic carbocycles. The number of fused-ring (bicyclic) bond motifs is 1. The van der Waals surface area contributed by atoms with E-state index in [2.05, 4.69) is 0 Å². The van der Waals surface area contributed by atoms with E-state index in [0.29, 0.717) is 18.0 Å². The van der Waals surface area contributed by atoms with Crippen molar-refractivity contribution in [1.82, 2.24) is 4.57 Å². The lowest BCUT2D eigenvalue weighted by Gasteiger charge is -2.06. The second-order valence-electron chi connectivity index (χ2n) is 4.82. The van der Waals surface area contributed by atoms with E-state index in [1.165, 1.54) is 0 Å². The van der Waals surface area contributed by atoms with Crippen LogP contribution in [0.4, 0.5) is 0 Å². The Morgan fingerprint density at radius 2 is 1.80 bits per heavy atom. The van der Waals surface area contributed by atoms with Crippen molar-refractivity contribution in [2.24, 2.45) is 0 Å². The van der Waals surface area contributed by atoms with Crippen molar-refractivity contribution in [3.05, 3.63) is 71.4 Å². The number of carbonyl (C=O) groups excluding carboxylic acids is 1. The van der Waals surface area contributed by atoms with E-state index in [-0.39, 0.29) is 5.78 Å². The monoisotopic (exact) mass is 283 g/mol. The predicted octanol–water partition coefficient (Wildman–Crippen LogP) is 4.11. The Bertz CT molecular complexity index is 746. The first-order valence-corrected chi connectivity index (χ1v) is 6.91. The third-order valence-corrected chi connectivity index (χ3v) is 3.64. The highest BCUT2D eigenvalue weighted by molar-refractivity contribution is 6.35. The molecule has 0 amide bonds. The summed E-state index contributed by atoms with van der Waals surface area (Å²) >= 11 is 6.22. The number of carbonyl (C=O) groups is 1. The number of halogens is 1. The summed E-state index contributed by atoms with van der Waals surface area (Å²) in [6.07, 6.45) is 2.37. The fraction of sp³-hybridized carbons (Fsp3) is 0.118. The molecule has 100 valence electrons. The lowest BCUT2D eigenvalue weighted by atomic mass is 10.1. The largest absolute Gasteiger partial charge is 0.339 e. The average Bonchev–Trinajstić information content (AvgIpc) is 2.84. The molecule has 1 heterocycles. The van der Waals surface area contributed by atoms with Gasteiger partial charge in [0.05, 0.1) is 17.1 Å². The smallest absolute Gasteiger partial charge is 0.156 e. The van der Waals surface area contributed by atoms with Crippen LogP contribution in [0.2, 0.25) is 5.02 Å². The van der Waals surface area contributed by atoms with E-state index in [0.717, 1.165) is 16.5 Å². The molecule has 0 spiro atoms. The Morgan fingerprint density at radius 1 is 1.00 bits per heavy atom. The number of para-hydroxylation sites is 1. The van der Waals surface area contributed by atoms with Gasteiger partial charge in [0.2, 0.25) is 0 Å². The molecular formula is C17H14ClNO. The van der Waals surface area contributed by atoms with Crippen molar-refractivity contribution in [2.45, 2.75) is 13.0 Å². The van der Waals surface area contributed by atoms with Gasteiger partial charge >= 0.3 is 0 Å². The maximum atomic E-state index is 12.2. The summed E-state index contributed by atoms with van der Waals surface area (Å²) < 4.78 is 1.92. The molecule has 0 N–H and O–H groups in total. The van der Waals surface area contributed by atoms with Gasteiger partial charge in [-0.25, -0.2) is 0 Å². The third-order valence-electron chi connectivity index (χ3n) is 3.33. The summed E-state index contributed by atoms with van der Waals surface area (Å²) in [6.45, 7) is 0.349. The molecule has 0 fully saturated rings. The molecule has 2 aromatic carbocycles. The number of rotatable bonds is 4. The fourth-order valence-electron chi connectivity index (χ4n) is 2.42. The normalized spacial score (nSPS) is 10.8. The molecule has 3 aromatic rings. The molecule has 0 saturated carbocycles. The molecular weight excluding hydrogens is 270 g/mol. The SMILES string of the molecule is O=C(Cc1ccccc1)Cn1ccc2cccc(Cl)c21. The molecule has 2 nitrogen and oxygen atoms in total. The van der Waals surface area contributed by atoms with Gasteiger partial charge in [-0.2, -0.15) is 0 Å². The van der Waals surface area contributed by atoms with Gasteiger partial charge in [-0.05, 0) is 17.7 Å². The topological polar surface area (TPSA) is 22.0 Å². The molecule has 0 unspecified atom stereocenters. The highest BCUT2D eigenvalue weighted by Crippen LogP contribution is 2.24. The van der Waals surface area contributed by atoms with Crippen molar-refractivity contribution in [1.29, 1.82) is 0 Å². The van der Waals surface area contributed by atoms with Crippen LogP contribution < -0.4 is 0 Å². The van der Waals surface area contributed by atoms with Gasteiger partial charge < -0.3 is 4.57 Å². The molecule has 1 aromatic heterocycles. The first-order chi connectivity index (χ1) is 9.74. The number of nitrogens with zero attached hydrogens (tertiary/aromatic N) is 1. The zero-order valence-electron chi connectivity index (χ0n) is 10.9. The Morgan fingerprint density at radius 3 is 2.60 bits per heavy atom. The van der Waals surface area contributed by atoms with Crippen molar-refractivity contribution >= 4 is 28.3 Å². The molecule has 0 atom stereocenters. The van der Waals surface area contributed by atoms with E-state index in [9.17, 15) is 4.79 Å². The minimum absolute atomic E-state index is 0.175. The summed E-state index contributed by atoms with van der Waals surface area (Å²) in [5.41, 5.74) is 1.97. The highest BCUT2D eigenvalue weighted by Gasteiger charge is 2.09. The first-order valence-electron chi connectivity index (χ1n) is 6.53. The molecule has 0 bridgehead atoms. The lowest BCUT2D eigenvalue weighted by Crippen LogP contribution is -2.11. The number of aromatic nitrogens is 1. The number of ketones is 1. The van der Waals surface area contributed by atoms with Gasteiger partial charge in [-0.3, -0.25) is 4.79 Å². The maximum absolute atomic E-state index is 12.2. The second-order valence-corrected chi connectivity index (χ2v) is 5.23. The standard InChI is InChI=1S/C17H14ClNO/c18-16-8-4-7-14-9-10-19(17(14)16)12-15(20)11-13-5-2-1-3-6-13/h1-10H,11-12H2. The Hall–Kier alpha value is -2.06. The van der Waals surface area contributed by atoms with Gasteiger partial charge in [0, 0.05) is 18.0 Å². The van der Waals surface area contributed by atoms with Gasteiger partial charge in [0.25, 0.3) is 0 Å². The number of Topliss-reactive ketones (excluding diaryl/α,β-unsaturated/α-hetero) is 1. The summed E-state index contributed by atoms with van der Waals surface area (Å²) in [6, 6.07) is 17.5. The first kappa shape index (κ1) is 12.9. The van der Waals surface area contributed by atoms with E-state index in [1.54, 1.807) is 0 Å². The van der Waals surface area contributed by atoms with Crippen LogP contribution in [-0.4, -0.2) is 10.4 Å². The van der Waals surface area contributed by atoms with E-state index < -0.39 is 0 Å².